The zero-order valence-electron chi connectivity index (χ0n) is 13.7. The molecule has 7 heteroatoms. The first-order valence-corrected chi connectivity index (χ1v) is 9.49. The highest BCUT2D eigenvalue weighted by molar-refractivity contribution is 7.92. The maximum absolute atomic E-state index is 13.1. The molecular formula is C18H19NO5S. The predicted octanol–water partition coefficient (Wildman–Crippen LogP) is 1.70. The lowest BCUT2D eigenvalue weighted by molar-refractivity contribution is 0.171. The smallest absolute Gasteiger partial charge is 0.231 e. The number of sulfone groups is 1. The first kappa shape index (κ1) is 16.4. The maximum Gasteiger partial charge on any atom is 0.231 e. The van der Waals surface area contributed by atoms with E-state index in [1.165, 1.54) is 7.11 Å². The molecule has 1 heterocycles. The van der Waals surface area contributed by atoms with E-state index in [0.717, 1.165) is 5.56 Å². The largest absolute Gasteiger partial charge is 0.454 e. The second kappa shape index (κ2) is 5.72. The van der Waals surface area contributed by atoms with Gasteiger partial charge >= 0.3 is 0 Å². The van der Waals surface area contributed by atoms with Gasteiger partial charge in [0, 0.05) is 13.0 Å². The van der Waals surface area contributed by atoms with Crippen LogP contribution in [-0.2, 0) is 14.6 Å². The van der Waals surface area contributed by atoms with Crippen LogP contribution in [0.3, 0.4) is 0 Å². The van der Waals surface area contributed by atoms with Crippen molar-refractivity contribution in [3.05, 3.63) is 54.1 Å². The summed E-state index contributed by atoms with van der Waals surface area (Å²) >= 11 is 0. The zero-order valence-corrected chi connectivity index (χ0v) is 14.5. The second-order valence-electron chi connectivity index (χ2n) is 6.41. The molecule has 0 amide bonds. The van der Waals surface area contributed by atoms with E-state index in [1.807, 2.05) is 12.1 Å². The van der Waals surface area contributed by atoms with Gasteiger partial charge in [-0.05, 0) is 29.8 Å². The van der Waals surface area contributed by atoms with Crippen LogP contribution in [0.2, 0.25) is 0 Å². The number of methoxy groups -OCH3 is 1. The summed E-state index contributed by atoms with van der Waals surface area (Å²) in [6.45, 7) is 0.323. The molecule has 2 aliphatic rings. The number of nitrogens with two attached hydrogens (primary N) is 1. The van der Waals surface area contributed by atoms with Gasteiger partial charge in [0.15, 0.2) is 21.3 Å². The summed E-state index contributed by atoms with van der Waals surface area (Å²) < 4.78 is 42.2. The van der Waals surface area contributed by atoms with Gasteiger partial charge in [-0.2, -0.15) is 0 Å². The van der Waals surface area contributed by atoms with Crippen LogP contribution >= 0.6 is 0 Å². The summed E-state index contributed by atoms with van der Waals surface area (Å²) in [5.74, 6) is 0.897. The third-order valence-electron chi connectivity index (χ3n) is 4.86. The van der Waals surface area contributed by atoms with Gasteiger partial charge in [-0.3, -0.25) is 0 Å². The van der Waals surface area contributed by atoms with Crippen molar-refractivity contribution in [1.29, 1.82) is 0 Å². The molecule has 25 heavy (non-hydrogen) atoms. The quantitative estimate of drug-likeness (QED) is 0.872. The minimum Gasteiger partial charge on any atom is -0.454 e. The van der Waals surface area contributed by atoms with Crippen LogP contribution in [0.4, 0.5) is 0 Å². The highest BCUT2D eigenvalue weighted by Gasteiger charge is 2.69. The van der Waals surface area contributed by atoms with Crippen LogP contribution in [0.25, 0.3) is 0 Å². The van der Waals surface area contributed by atoms with Crippen LogP contribution in [0.5, 0.6) is 11.5 Å². The van der Waals surface area contributed by atoms with Crippen molar-refractivity contribution >= 4 is 9.84 Å². The first-order chi connectivity index (χ1) is 12.0. The van der Waals surface area contributed by atoms with Gasteiger partial charge in [0.05, 0.1) is 22.3 Å². The Kier molecular flexibility index (Phi) is 3.75. The average molecular weight is 361 g/mol. The van der Waals surface area contributed by atoms with Crippen molar-refractivity contribution in [2.45, 2.75) is 21.6 Å². The summed E-state index contributed by atoms with van der Waals surface area (Å²) in [6.07, 6.45) is 0. The third kappa shape index (κ3) is 2.50. The van der Waals surface area contributed by atoms with Crippen molar-refractivity contribution in [2.75, 3.05) is 20.5 Å². The van der Waals surface area contributed by atoms with Crippen LogP contribution in [0, 0.1) is 0 Å². The summed E-state index contributed by atoms with van der Waals surface area (Å²) in [5, 5.41) is -0.747. The van der Waals surface area contributed by atoms with Gasteiger partial charge in [0.1, 0.15) is 0 Å². The molecule has 0 bridgehead atoms. The Bertz CT molecular complexity index is 899. The lowest BCUT2D eigenvalue weighted by Gasteiger charge is -2.11. The zero-order chi connectivity index (χ0) is 17.7. The van der Waals surface area contributed by atoms with E-state index in [4.69, 9.17) is 19.9 Å². The summed E-state index contributed by atoms with van der Waals surface area (Å²) in [5.41, 5.74) is 6.31. The minimum absolute atomic E-state index is 0.156. The average Bonchev–Trinajstić information content (AvgIpc) is 2.99. The maximum atomic E-state index is 13.1. The second-order valence-corrected chi connectivity index (χ2v) is 8.48. The van der Waals surface area contributed by atoms with Gasteiger partial charge in [-0.25, -0.2) is 8.42 Å². The lowest BCUT2D eigenvalue weighted by atomic mass is 10.1. The standard InChI is InChI=1S/C18H19NO5S/c1-22-10-18(19)16(12-7-8-14-15(9-12)24-11-23-14)17(18)25(20,21)13-5-3-2-4-6-13/h2-9,16-17H,10-11,19H2,1H3/t16-,17-,18-/m0/s1. The van der Waals surface area contributed by atoms with Crippen LogP contribution in [0.1, 0.15) is 11.5 Å². The molecule has 0 radical (unpaired) electrons. The molecule has 0 saturated heterocycles. The molecule has 0 aromatic heterocycles. The van der Waals surface area contributed by atoms with Crippen LogP contribution in [-0.4, -0.2) is 39.7 Å². The van der Waals surface area contributed by atoms with E-state index in [1.54, 1.807) is 36.4 Å². The topological polar surface area (TPSA) is 87.8 Å². The highest BCUT2D eigenvalue weighted by atomic mass is 32.2. The number of fused-ring (bicyclic) bond motifs is 1. The molecule has 1 aliphatic carbocycles. The highest BCUT2D eigenvalue weighted by Crippen LogP contribution is 2.56. The Balaban J connectivity index is 1.74. The number of benzene rings is 2. The Morgan fingerprint density at radius 2 is 1.88 bits per heavy atom. The number of rotatable bonds is 5. The molecule has 0 unspecified atom stereocenters. The van der Waals surface area contributed by atoms with E-state index in [2.05, 4.69) is 0 Å². The van der Waals surface area contributed by atoms with Gasteiger partial charge in [-0.1, -0.05) is 24.3 Å². The third-order valence-corrected chi connectivity index (χ3v) is 7.17. The molecule has 2 aromatic carbocycles. The predicted molar refractivity (Wildman–Crippen MR) is 91.5 cm³/mol. The van der Waals surface area contributed by atoms with E-state index in [-0.39, 0.29) is 24.2 Å². The monoisotopic (exact) mass is 361 g/mol. The molecule has 132 valence electrons. The van der Waals surface area contributed by atoms with Gasteiger partial charge in [0.2, 0.25) is 6.79 Å². The molecule has 6 nitrogen and oxygen atoms in total. The van der Waals surface area contributed by atoms with Crippen molar-refractivity contribution in [3.8, 4) is 11.5 Å². The Morgan fingerprint density at radius 3 is 2.60 bits per heavy atom. The molecule has 1 saturated carbocycles. The lowest BCUT2D eigenvalue weighted by Crippen LogP contribution is -2.35. The van der Waals surface area contributed by atoms with Crippen molar-refractivity contribution in [2.24, 2.45) is 5.73 Å². The van der Waals surface area contributed by atoms with Crippen molar-refractivity contribution in [1.82, 2.24) is 0 Å². The molecule has 2 N–H and O–H groups in total. The van der Waals surface area contributed by atoms with Crippen LogP contribution in [0.15, 0.2) is 53.4 Å². The van der Waals surface area contributed by atoms with Gasteiger partial charge in [-0.15, -0.1) is 0 Å². The van der Waals surface area contributed by atoms with E-state index >= 15 is 0 Å². The van der Waals surface area contributed by atoms with Crippen molar-refractivity contribution in [3.63, 3.8) is 0 Å². The molecule has 3 atom stereocenters. The fourth-order valence-corrected chi connectivity index (χ4v) is 5.97. The Morgan fingerprint density at radius 1 is 1.16 bits per heavy atom. The minimum atomic E-state index is -3.58. The fraction of sp³-hybridized carbons (Fsp3) is 0.333. The first-order valence-electron chi connectivity index (χ1n) is 7.95. The van der Waals surface area contributed by atoms with Gasteiger partial charge < -0.3 is 19.9 Å². The molecule has 4 rings (SSSR count). The molecular weight excluding hydrogens is 342 g/mol. The summed E-state index contributed by atoms with van der Waals surface area (Å²) in [6, 6.07) is 13.8. The summed E-state index contributed by atoms with van der Waals surface area (Å²) in [7, 11) is -2.06. The molecule has 0 spiro atoms. The SMILES string of the molecule is COC[C@]1(N)[C@@H](c2ccc3c(c2)OCO3)[C@@H]1S(=O)(=O)c1ccccc1. The van der Waals surface area contributed by atoms with E-state index in [9.17, 15) is 8.42 Å². The molecule has 1 fully saturated rings. The summed E-state index contributed by atoms with van der Waals surface area (Å²) in [4.78, 5) is 0.272. The fourth-order valence-electron chi connectivity index (χ4n) is 3.66. The normalized spacial score (nSPS) is 27.3. The Labute approximate surface area is 146 Å². The van der Waals surface area contributed by atoms with Crippen molar-refractivity contribution < 1.29 is 22.6 Å². The number of hydrogen-bond donors (Lipinski definition) is 1. The molecule has 2 aromatic rings. The molecule has 1 aliphatic heterocycles. The van der Waals surface area contributed by atoms with Crippen LogP contribution < -0.4 is 15.2 Å². The van der Waals surface area contributed by atoms with E-state index < -0.39 is 20.6 Å². The number of ether oxygens (including phenoxy) is 3. The number of hydrogen-bond acceptors (Lipinski definition) is 6. The van der Waals surface area contributed by atoms with E-state index in [0.29, 0.717) is 11.5 Å². The Hall–Kier alpha value is -2.09. The van der Waals surface area contributed by atoms with Gasteiger partial charge in [0.25, 0.3) is 0 Å².